The summed E-state index contributed by atoms with van der Waals surface area (Å²) < 4.78 is 1.63. The molecule has 0 aliphatic rings. The van der Waals surface area contributed by atoms with Crippen molar-refractivity contribution in [2.75, 3.05) is 5.75 Å². The third-order valence-electron chi connectivity index (χ3n) is 3.38. The molecule has 0 saturated heterocycles. The summed E-state index contributed by atoms with van der Waals surface area (Å²) in [6.45, 7) is 2.54. The predicted molar refractivity (Wildman–Crippen MR) is 92.9 cm³/mol. The molecule has 0 spiro atoms. The summed E-state index contributed by atoms with van der Waals surface area (Å²) in [5, 5.41) is 15.2. The second kappa shape index (κ2) is 7.74. The number of amides is 1. The molecular formula is C17H17N5OS. The van der Waals surface area contributed by atoms with E-state index in [4.69, 9.17) is 0 Å². The van der Waals surface area contributed by atoms with Gasteiger partial charge in [-0.25, -0.2) is 0 Å². The first-order valence-corrected chi connectivity index (χ1v) is 8.50. The highest BCUT2D eigenvalue weighted by atomic mass is 32.2. The van der Waals surface area contributed by atoms with Gasteiger partial charge < -0.3 is 5.32 Å². The number of benzene rings is 2. The van der Waals surface area contributed by atoms with Crippen molar-refractivity contribution >= 4 is 17.7 Å². The van der Waals surface area contributed by atoms with Crippen LogP contribution in [0.5, 0.6) is 0 Å². The minimum Gasteiger partial charge on any atom is -0.351 e. The molecule has 24 heavy (non-hydrogen) atoms. The number of nitrogens with one attached hydrogen (secondary N) is 1. The highest BCUT2D eigenvalue weighted by Crippen LogP contribution is 2.18. The van der Waals surface area contributed by atoms with Crippen molar-refractivity contribution in [3.8, 4) is 5.69 Å². The molecule has 6 nitrogen and oxygen atoms in total. The largest absolute Gasteiger partial charge is 0.351 e. The van der Waals surface area contributed by atoms with Crippen molar-refractivity contribution in [2.24, 2.45) is 0 Å². The Morgan fingerprint density at radius 3 is 2.62 bits per heavy atom. The molecule has 3 aromatic rings. The number of hydrogen-bond donors (Lipinski definition) is 1. The third kappa shape index (κ3) is 4.20. The fraction of sp³-hybridized carbons (Fsp3) is 0.176. The molecule has 0 aliphatic carbocycles. The van der Waals surface area contributed by atoms with Crippen LogP contribution >= 0.6 is 11.8 Å². The number of nitrogens with zero attached hydrogens (tertiary/aromatic N) is 4. The van der Waals surface area contributed by atoms with E-state index in [-0.39, 0.29) is 11.7 Å². The Hall–Kier alpha value is -2.67. The van der Waals surface area contributed by atoms with Crippen LogP contribution in [0.3, 0.4) is 0 Å². The van der Waals surface area contributed by atoms with Gasteiger partial charge >= 0.3 is 0 Å². The standard InChI is InChI=1S/C17H17N5OS/c1-13-7-9-15(10-8-13)22-17(19-20-21-22)24-12-16(23)18-11-14-5-3-2-4-6-14/h2-10H,11-12H2,1H3,(H,18,23). The Kier molecular flexibility index (Phi) is 5.22. The average Bonchev–Trinajstić information content (AvgIpc) is 3.08. The Balaban J connectivity index is 1.56. The summed E-state index contributed by atoms with van der Waals surface area (Å²) in [6, 6.07) is 17.7. The zero-order valence-electron chi connectivity index (χ0n) is 13.2. The van der Waals surface area contributed by atoms with Gasteiger partial charge in [-0.15, -0.1) is 5.10 Å². The highest BCUT2D eigenvalue weighted by molar-refractivity contribution is 7.99. The molecule has 3 rings (SSSR count). The molecule has 1 heterocycles. The lowest BCUT2D eigenvalue weighted by atomic mass is 10.2. The van der Waals surface area contributed by atoms with E-state index >= 15 is 0 Å². The topological polar surface area (TPSA) is 72.7 Å². The molecule has 0 atom stereocenters. The summed E-state index contributed by atoms with van der Waals surface area (Å²) in [5.41, 5.74) is 3.11. The normalized spacial score (nSPS) is 10.5. The zero-order valence-corrected chi connectivity index (χ0v) is 14.0. The maximum absolute atomic E-state index is 12.0. The van der Waals surface area contributed by atoms with E-state index < -0.39 is 0 Å². The smallest absolute Gasteiger partial charge is 0.230 e. The van der Waals surface area contributed by atoms with Crippen LogP contribution in [0.15, 0.2) is 59.8 Å². The molecule has 1 aromatic heterocycles. The van der Waals surface area contributed by atoms with Crippen LogP contribution < -0.4 is 5.32 Å². The second-order valence-electron chi connectivity index (χ2n) is 5.26. The SMILES string of the molecule is Cc1ccc(-n2nnnc2SCC(=O)NCc2ccccc2)cc1. The zero-order chi connectivity index (χ0) is 16.8. The van der Waals surface area contributed by atoms with E-state index in [9.17, 15) is 4.79 Å². The van der Waals surface area contributed by atoms with Gasteiger partial charge in [-0.3, -0.25) is 4.79 Å². The van der Waals surface area contributed by atoms with E-state index in [1.54, 1.807) is 4.68 Å². The maximum Gasteiger partial charge on any atom is 0.230 e. The number of thioether (sulfide) groups is 1. The van der Waals surface area contributed by atoms with Crippen LogP contribution in [0, 0.1) is 6.92 Å². The Labute approximate surface area is 144 Å². The number of carbonyl (C=O) groups is 1. The molecule has 0 aliphatic heterocycles. The first kappa shape index (κ1) is 16.2. The van der Waals surface area contributed by atoms with Crippen LogP contribution in [0.1, 0.15) is 11.1 Å². The first-order chi connectivity index (χ1) is 11.7. The van der Waals surface area contributed by atoms with Crippen LogP contribution in [-0.2, 0) is 11.3 Å². The fourth-order valence-corrected chi connectivity index (χ4v) is 2.82. The summed E-state index contributed by atoms with van der Waals surface area (Å²) in [7, 11) is 0. The van der Waals surface area contributed by atoms with Crippen molar-refractivity contribution in [3.05, 3.63) is 65.7 Å². The monoisotopic (exact) mass is 339 g/mol. The van der Waals surface area contributed by atoms with Crippen molar-refractivity contribution < 1.29 is 4.79 Å². The van der Waals surface area contributed by atoms with E-state index in [1.807, 2.05) is 61.5 Å². The van der Waals surface area contributed by atoms with Gasteiger partial charge in [0.2, 0.25) is 11.1 Å². The Morgan fingerprint density at radius 1 is 1.12 bits per heavy atom. The lowest BCUT2D eigenvalue weighted by molar-refractivity contribution is -0.118. The van der Waals surface area contributed by atoms with E-state index in [0.29, 0.717) is 11.7 Å². The van der Waals surface area contributed by atoms with Gasteiger partial charge in [0, 0.05) is 6.54 Å². The molecule has 1 N–H and O–H groups in total. The van der Waals surface area contributed by atoms with Crippen LogP contribution in [0.2, 0.25) is 0 Å². The number of tetrazole rings is 1. The van der Waals surface area contributed by atoms with Gasteiger partial charge in [0.25, 0.3) is 0 Å². The molecule has 0 bridgehead atoms. The highest BCUT2D eigenvalue weighted by Gasteiger charge is 2.11. The summed E-state index contributed by atoms with van der Waals surface area (Å²) in [6.07, 6.45) is 0. The maximum atomic E-state index is 12.0. The summed E-state index contributed by atoms with van der Waals surface area (Å²) >= 11 is 1.31. The van der Waals surface area contributed by atoms with E-state index in [0.717, 1.165) is 11.3 Å². The molecule has 2 aromatic carbocycles. The quantitative estimate of drug-likeness (QED) is 0.698. The lowest BCUT2D eigenvalue weighted by Crippen LogP contribution is -2.24. The van der Waals surface area contributed by atoms with E-state index in [2.05, 4.69) is 20.8 Å². The summed E-state index contributed by atoms with van der Waals surface area (Å²) in [5.74, 6) is 0.210. The second-order valence-corrected chi connectivity index (χ2v) is 6.20. The average molecular weight is 339 g/mol. The van der Waals surface area contributed by atoms with Crippen molar-refractivity contribution in [3.63, 3.8) is 0 Å². The molecule has 122 valence electrons. The molecule has 0 fully saturated rings. The van der Waals surface area contributed by atoms with Crippen molar-refractivity contribution in [1.29, 1.82) is 0 Å². The van der Waals surface area contributed by atoms with Crippen LogP contribution in [0.4, 0.5) is 0 Å². The van der Waals surface area contributed by atoms with Gasteiger partial charge in [-0.2, -0.15) is 4.68 Å². The summed E-state index contributed by atoms with van der Waals surface area (Å²) in [4.78, 5) is 12.0. The predicted octanol–water partition coefficient (Wildman–Crippen LogP) is 2.38. The molecule has 0 saturated carbocycles. The lowest BCUT2D eigenvalue weighted by Gasteiger charge is -2.06. The van der Waals surface area contributed by atoms with E-state index in [1.165, 1.54) is 17.3 Å². The first-order valence-electron chi connectivity index (χ1n) is 7.51. The minimum atomic E-state index is -0.0534. The number of rotatable bonds is 6. The molecular weight excluding hydrogens is 322 g/mol. The Bertz CT molecular complexity index is 801. The van der Waals surface area contributed by atoms with Crippen LogP contribution in [0.25, 0.3) is 5.69 Å². The number of aromatic nitrogens is 4. The molecule has 7 heteroatoms. The van der Waals surface area contributed by atoms with Gasteiger partial charge in [0.15, 0.2) is 0 Å². The molecule has 1 amide bonds. The number of carbonyl (C=O) groups excluding carboxylic acids is 1. The van der Waals surface area contributed by atoms with Gasteiger partial charge in [-0.1, -0.05) is 59.8 Å². The third-order valence-corrected chi connectivity index (χ3v) is 4.30. The minimum absolute atomic E-state index is 0.0534. The van der Waals surface area contributed by atoms with Gasteiger partial charge in [-0.05, 0) is 35.0 Å². The molecule has 0 unspecified atom stereocenters. The van der Waals surface area contributed by atoms with Gasteiger partial charge in [0.05, 0.1) is 11.4 Å². The Morgan fingerprint density at radius 2 is 1.88 bits per heavy atom. The molecule has 0 radical (unpaired) electrons. The fourth-order valence-electron chi connectivity index (χ4n) is 2.09. The van der Waals surface area contributed by atoms with Gasteiger partial charge in [0.1, 0.15) is 0 Å². The van der Waals surface area contributed by atoms with Crippen molar-refractivity contribution in [1.82, 2.24) is 25.5 Å². The number of aryl methyl sites for hydroxylation is 1. The number of hydrogen-bond acceptors (Lipinski definition) is 5. The van der Waals surface area contributed by atoms with Crippen LogP contribution in [-0.4, -0.2) is 31.9 Å². The van der Waals surface area contributed by atoms with Crippen molar-refractivity contribution in [2.45, 2.75) is 18.6 Å².